The van der Waals surface area contributed by atoms with Crippen molar-refractivity contribution in [3.63, 3.8) is 0 Å². The smallest absolute Gasteiger partial charge is 0.335 e. The predicted octanol–water partition coefficient (Wildman–Crippen LogP) is 3.59. The van der Waals surface area contributed by atoms with E-state index in [4.69, 9.17) is 5.11 Å². The Morgan fingerprint density at radius 1 is 1.04 bits per heavy atom. The molecule has 0 bridgehead atoms. The van der Waals surface area contributed by atoms with Crippen molar-refractivity contribution in [2.24, 2.45) is 0 Å². The van der Waals surface area contributed by atoms with Crippen LogP contribution in [-0.4, -0.2) is 44.8 Å². The van der Waals surface area contributed by atoms with E-state index in [1.165, 1.54) is 0 Å². The van der Waals surface area contributed by atoms with Crippen molar-refractivity contribution in [2.75, 3.05) is 13.1 Å². The van der Waals surface area contributed by atoms with Crippen LogP contribution in [0.2, 0.25) is 0 Å². The van der Waals surface area contributed by atoms with Crippen molar-refractivity contribution >= 4 is 11.9 Å². The molecule has 0 unspecified atom stereocenters. The van der Waals surface area contributed by atoms with Crippen LogP contribution >= 0.6 is 0 Å². The Morgan fingerprint density at radius 3 is 2.54 bits per heavy atom. The SMILES string of the molecule is O=C(O)c1ccc([C@H]2CCCN(C(=O)c3ccccc3-n3cccn3)C2)cc1. The molecular weight excluding hydrogens is 354 g/mol. The quantitative estimate of drug-likeness (QED) is 0.756. The first kappa shape index (κ1) is 18.0. The minimum atomic E-state index is -0.928. The number of likely N-dealkylation sites (tertiary alicyclic amines) is 1. The van der Waals surface area contributed by atoms with Gasteiger partial charge in [0.15, 0.2) is 0 Å². The number of piperidine rings is 1. The Morgan fingerprint density at radius 2 is 1.82 bits per heavy atom. The molecule has 1 amide bonds. The molecule has 2 heterocycles. The van der Waals surface area contributed by atoms with Gasteiger partial charge in [-0.2, -0.15) is 5.10 Å². The second-order valence-corrected chi connectivity index (χ2v) is 6.99. The summed E-state index contributed by atoms with van der Waals surface area (Å²) in [6.07, 6.45) is 5.42. The summed E-state index contributed by atoms with van der Waals surface area (Å²) in [6, 6.07) is 16.3. The number of carbonyl (C=O) groups is 2. The first-order valence-electron chi connectivity index (χ1n) is 9.35. The summed E-state index contributed by atoms with van der Waals surface area (Å²) in [4.78, 5) is 26.2. The molecule has 0 radical (unpaired) electrons. The van der Waals surface area contributed by atoms with Gasteiger partial charge in [-0.1, -0.05) is 24.3 Å². The van der Waals surface area contributed by atoms with E-state index >= 15 is 0 Å². The number of carbonyl (C=O) groups excluding carboxylic acids is 1. The monoisotopic (exact) mass is 375 g/mol. The van der Waals surface area contributed by atoms with E-state index in [2.05, 4.69) is 5.10 Å². The summed E-state index contributed by atoms with van der Waals surface area (Å²) >= 11 is 0. The maximum Gasteiger partial charge on any atom is 0.335 e. The Labute approximate surface area is 163 Å². The van der Waals surface area contributed by atoms with Gasteiger partial charge in [-0.25, -0.2) is 9.48 Å². The van der Waals surface area contributed by atoms with Crippen molar-refractivity contribution in [2.45, 2.75) is 18.8 Å². The van der Waals surface area contributed by atoms with Crippen LogP contribution in [0.15, 0.2) is 67.0 Å². The highest BCUT2D eigenvalue weighted by molar-refractivity contribution is 5.97. The van der Waals surface area contributed by atoms with E-state index in [-0.39, 0.29) is 17.4 Å². The number of amides is 1. The van der Waals surface area contributed by atoms with Crippen LogP contribution < -0.4 is 0 Å². The van der Waals surface area contributed by atoms with Crippen molar-refractivity contribution in [1.29, 1.82) is 0 Å². The van der Waals surface area contributed by atoms with Crippen LogP contribution in [0.1, 0.15) is 45.0 Å². The van der Waals surface area contributed by atoms with Crippen LogP contribution in [0.3, 0.4) is 0 Å². The summed E-state index contributed by atoms with van der Waals surface area (Å²) in [6.45, 7) is 1.34. The molecule has 1 fully saturated rings. The minimum Gasteiger partial charge on any atom is -0.478 e. The minimum absolute atomic E-state index is 0.00189. The highest BCUT2D eigenvalue weighted by atomic mass is 16.4. The number of hydrogen-bond acceptors (Lipinski definition) is 3. The van der Waals surface area contributed by atoms with Crippen LogP contribution in [0.4, 0.5) is 0 Å². The van der Waals surface area contributed by atoms with Gasteiger partial charge in [0.05, 0.1) is 16.8 Å². The number of carboxylic acid groups (broad SMARTS) is 1. The van der Waals surface area contributed by atoms with Gasteiger partial charge in [-0.3, -0.25) is 4.79 Å². The van der Waals surface area contributed by atoms with Gasteiger partial charge >= 0.3 is 5.97 Å². The van der Waals surface area contributed by atoms with Gasteiger partial charge in [-0.05, 0) is 48.7 Å². The van der Waals surface area contributed by atoms with Gasteiger partial charge in [0.1, 0.15) is 0 Å². The summed E-state index contributed by atoms with van der Waals surface area (Å²) in [5.74, 6) is -0.724. The molecule has 0 saturated carbocycles. The molecule has 28 heavy (non-hydrogen) atoms. The molecule has 6 heteroatoms. The number of aromatic carboxylic acids is 1. The Hall–Kier alpha value is -3.41. The summed E-state index contributed by atoms with van der Waals surface area (Å²) in [5.41, 5.74) is 2.75. The number of hydrogen-bond donors (Lipinski definition) is 1. The zero-order valence-corrected chi connectivity index (χ0v) is 15.4. The molecule has 1 saturated heterocycles. The highest BCUT2D eigenvalue weighted by Crippen LogP contribution is 2.29. The molecule has 1 aromatic heterocycles. The van der Waals surface area contributed by atoms with Gasteiger partial charge in [0.2, 0.25) is 0 Å². The standard InChI is InChI=1S/C22H21N3O3/c26-21(19-6-1-2-7-20(19)25-14-4-12-23-25)24-13-3-5-18(15-24)16-8-10-17(11-9-16)22(27)28/h1-2,4,6-12,14,18H,3,5,13,15H2,(H,27,28)/t18-/m0/s1. The molecule has 0 aliphatic carbocycles. The molecule has 1 aliphatic heterocycles. The number of carboxylic acids is 1. The van der Waals surface area contributed by atoms with E-state index in [0.29, 0.717) is 12.1 Å². The van der Waals surface area contributed by atoms with Gasteiger partial charge in [-0.15, -0.1) is 0 Å². The van der Waals surface area contributed by atoms with Crippen molar-refractivity contribution in [3.05, 3.63) is 83.7 Å². The molecule has 4 rings (SSSR count). The first-order chi connectivity index (χ1) is 13.6. The van der Waals surface area contributed by atoms with Gasteiger partial charge < -0.3 is 10.0 Å². The molecule has 2 aromatic carbocycles. The molecule has 0 spiro atoms. The maximum atomic E-state index is 13.2. The topological polar surface area (TPSA) is 75.4 Å². The van der Waals surface area contributed by atoms with Crippen LogP contribution in [-0.2, 0) is 0 Å². The number of para-hydroxylation sites is 1. The van der Waals surface area contributed by atoms with Gasteiger partial charge in [0.25, 0.3) is 5.91 Å². The van der Waals surface area contributed by atoms with Crippen molar-refractivity contribution < 1.29 is 14.7 Å². The van der Waals surface area contributed by atoms with E-state index in [0.717, 1.165) is 30.6 Å². The third-order valence-corrected chi connectivity index (χ3v) is 5.22. The third-order valence-electron chi connectivity index (χ3n) is 5.22. The highest BCUT2D eigenvalue weighted by Gasteiger charge is 2.27. The van der Waals surface area contributed by atoms with Crippen LogP contribution in [0, 0.1) is 0 Å². The average molecular weight is 375 g/mol. The summed E-state index contributed by atoms with van der Waals surface area (Å²) < 4.78 is 1.71. The largest absolute Gasteiger partial charge is 0.478 e. The molecule has 6 nitrogen and oxygen atoms in total. The fourth-order valence-corrected chi connectivity index (χ4v) is 3.77. The number of rotatable bonds is 4. The van der Waals surface area contributed by atoms with E-state index in [1.54, 1.807) is 23.0 Å². The van der Waals surface area contributed by atoms with Crippen molar-refractivity contribution in [3.8, 4) is 5.69 Å². The summed E-state index contributed by atoms with van der Waals surface area (Å²) in [5, 5.41) is 13.3. The van der Waals surface area contributed by atoms with E-state index in [9.17, 15) is 9.59 Å². The fraction of sp³-hybridized carbons (Fsp3) is 0.227. The molecule has 3 aromatic rings. The predicted molar refractivity (Wildman–Crippen MR) is 105 cm³/mol. The Balaban J connectivity index is 1.55. The maximum absolute atomic E-state index is 13.2. The van der Waals surface area contributed by atoms with Gasteiger partial charge in [0, 0.05) is 31.4 Å². The average Bonchev–Trinajstić information content (AvgIpc) is 3.28. The lowest BCUT2D eigenvalue weighted by Gasteiger charge is -2.33. The lowest BCUT2D eigenvalue weighted by atomic mass is 9.89. The lowest BCUT2D eigenvalue weighted by Crippen LogP contribution is -2.39. The van der Waals surface area contributed by atoms with Crippen molar-refractivity contribution in [1.82, 2.24) is 14.7 Å². The van der Waals surface area contributed by atoms with Crippen LogP contribution in [0.5, 0.6) is 0 Å². The zero-order valence-electron chi connectivity index (χ0n) is 15.4. The molecule has 1 atom stereocenters. The van der Waals surface area contributed by atoms with E-state index < -0.39 is 5.97 Å². The summed E-state index contributed by atoms with van der Waals surface area (Å²) in [7, 11) is 0. The zero-order chi connectivity index (χ0) is 19.5. The molecule has 142 valence electrons. The first-order valence-corrected chi connectivity index (χ1v) is 9.35. The second-order valence-electron chi connectivity index (χ2n) is 6.99. The Bertz CT molecular complexity index is 981. The number of benzene rings is 2. The fourth-order valence-electron chi connectivity index (χ4n) is 3.77. The second kappa shape index (κ2) is 7.68. The molecular formula is C22H21N3O3. The normalized spacial score (nSPS) is 16.7. The lowest BCUT2D eigenvalue weighted by molar-refractivity contribution is 0.0693. The molecule has 1 aliphatic rings. The number of nitrogens with zero attached hydrogens (tertiary/aromatic N) is 3. The van der Waals surface area contributed by atoms with Crippen LogP contribution in [0.25, 0.3) is 5.69 Å². The van der Waals surface area contributed by atoms with E-state index in [1.807, 2.05) is 53.6 Å². The number of aromatic nitrogens is 2. The third kappa shape index (κ3) is 3.53. The molecule has 1 N–H and O–H groups in total. The Kier molecular flexibility index (Phi) is 4.93.